The van der Waals surface area contributed by atoms with Gasteiger partial charge in [-0.3, -0.25) is 4.98 Å². The SMILES string of the molecule is OC1CNC(c2cc(-c3ccccn3)no2)C1. The number of rotatable bonds is 2. The molecule has 2 unspecified atom stereocenters. The van der Waals surface area contributed by atoms with Gasteiger partial charge in [0.1, 0.15) is 5.69 Å². The smallest absolute Gasteiger partial charge is 0.154 e. The first-order valence-corrected chi connectivity index (χ1v) is 5.62. The van der Waals surface area contributed by atoms with Crippen molar-refractivity contribution in [3.63, 3.8) is 0 Å². The Morgan fingerprint density at radius 1 is 1.35 bits per heavy atom. The van der Waals surface area contributed by atoms with Gasteiger partial charge in [-0.25, -0.2) is 0 Å². The molecule has 0 saturated carbocycles. The molecule has 1 saturated heterocycles. The Morgan fingerprint density at radius 3 is 3.00 bits per heavy atom. The van der Waals surface area contributed by atoms with Crippen LogP contribution in [-0.4, -0.2) is 27.9 Å². The lowest BCUT2D eigenvalue weighted by molar-refractivity contribution is 0.191. The topological polar surface area (TPSA) is 71.2 Å². The number of hydrogen-bond acceptors (Lipinski definition) is 5. The van der Waals surface area contributed by atoms with Crippen LogP contribution in [0.5, 0.6) is 0 Å². The molecule has 2 aromatic rings. The molecule has 0 aromatic carbocycles. The van der Waals surface area contributed by atoms with E-state index >= 15 is 0 Å². The van der Waals surface area contributed by atoms with Crippen LogP contribution in [0.1, 0.15) is 18.2 Å². The van der Waals surface area contributed by atoms with Gasteiger partial charge in [-0.1, -0.05) is 11.2 Å². The average molecular weight is 231 g/mol. The molecule has 88 valence electrons. The molecular formula is C12H13N3O2. The summed E-state index contributed by atoms with van der Waals surface area (Å²) in [7, 11) is 0. The summed E-state index contributed by atoms with van der Waals surface area (Å²) in [6.07, 6.45) is 2.08. The summed E-state index contributed by atoms with van der Waals surface area (Å²) < 4.78 is 5.29. The van der Waals surface area contributed by atoms with E-state index in [4.69, 9.17) is 4.52 Å². The van der Waals surface area contributed by atoms with Gasteiger partial charge in [0, 0.05) is 18.8 Å². The van der Waals surface area contributed by atoms with Crippen LogP contribution in [-0.2, 0) is 0 Å². The number of β-amino-alcohol motifs (C(OH)–C–C–N with tert-alkyl or cyclic N) is 1. The van der Waals surface area contributed by atoms with Gasteiger partial charge in [0.15, 0.2) is 5.76 Å². The molecule has 0 bridgehead atoms. The second kappa shape index (κ2) is 4.27. The van der Waals surface area contributed by atoms with Gasteiger partial charge in [0.05, 0.1) is 17.8 Å². The monoisotopic (exact) mass is 231 g/mol. The zero-order valence-corrected chi connectivity index (χ0v) is 9.21. The lowest BCUT2D eigenvalue weighted by Gasteiger charge is -2.02. The highest BCUT2D eigenvalue weighted by Crippen LogP contribution is 2.26. The van der Waals surface area contributed by atoms with Gasteiger partial charge in [-0.05, 0) is 18.6 Å². The molecule has 3 heterocycles. The number of hydrogen-bond donors (Lipinski definition) is 2. The lowest BCUT2D eigenvalue weighted by atomic mass is 10.1. The van der Waals surface area contributed by atoms with E-state index in [9.17, 15) is 5.11 Å². The van der Waals surface area contributed by atoms with Crippen LogP contribution in [0.4, 0.5) is 0 Å². The second-order valence-corrected chi connectivity index (χ2v) is 4.18. The molecule has 1 aliphatic rings. The van der Waals surface area contributed by atoms with Crippen LogP contribution in [0.2, 0.25) is 0 Å². The molecule has 0 radical (unpaired) electrons. The molecule has 2 aromatic heterocycles. The zero-order chi connectivity index (χ0) is 11.7. The maximum Gasteiger partial charge on any atom is 0.154 e. The van der Waals surface area contributed by atoms with Gasteiger partial charge >= 0.3 is 0 Å². The predicted molar refractivity (Wildman–Crippen MR) is 61.1 cm³/mol. The molecule has 0 amide bonds. The quantitative estimate of drug-likeness (QED) is 0.810. The van der Waals surface area contributed by atoms with Crippen LogP contribution in [0.25, 0.3) is 11.4 Å². The van der Waals surface area contributed by atoms with Crippen molar-refractivity contribution in [1.29, 1.82) is 0 Å². The van der Waals surface area contributed by atoms with Gasteiger partial charge in [0.2, 0.25) is 0 Å². The molecule has 3 rings (SSSR count). The third kappa shape index (κ3) is 2.07. The Morgan fingerprint density at radius 2 is 2.29 bits per heavy atom. The third-order valence-electron chi connectivity index (χ3n) is 2.91. The number of nitrogens with zero attached hydrogens (tertiary/aromatic N) is 2. The Hall–Kier alpha value is -1.72. The molecule has 5 nitrogen and oxygen atoms in total. The molecule has 17 heavy (non-hydrogen) atoms. The average Bonchev–Trinajstić information content (AvgIpc) is 2.98. The fraction of sp³-hybridized carbons (Fsp3) is 0.333. The summed E-state index contributed by atoms with van der Waals surface area (Å²) in [5.74, 6) is 0.752. The summed E-state index contributed by atoms with van der Waals surface area (Å²) in [6, 6.07) is 7.58. The predicted octanol–water partition coefficient (Wildman–Crippen LogP) is 1.13. The van der Waals surface area contributed by atoms with Crippen molar-refractivity contribution in [2.24, 2.45) is 0 Å². The fourth-order valence-corrected chi connectivity index (χ4v) is 2.02. The van der Waals surface area contributed by atoms with Crippen molar-refractivity contribution in [1.82, 2.24) is 15.5 Å². The maximum absolute atomic E-state index is 9.45. The van der Waals surface area contributed by atoms with E-state index in [2.05, 4.69) is 15.5 Å². The van der Waals surface area contributed by atoms with Crippen LogP contribution < -0.4 is 5.32 Å². The number of aliphatic hydroxyl groups is 1. The highest BCUT2D eigenvalue weighted by Gasteiger charge is 2.26. The van der Waals surface area contributed by atoms with E-state index in [0.29, 0.717) is 13.0 Å². The van der Waals surface area contributed by atoms with E-state index in [1.807, 2.05) is 24.3 Å². The summed E-state index contributed by atoms with van der Waals surface area (Å²) in [5, 5.41) is 16.6. The molecule has 0 spiro atoms. The lowest BCUT2D eigenvalue weighted by Crippen LogP contribution is -2.14. The molecule has 0 aliphatic carbocycles. The van der Waals surface area contributed by atoms with E-state index < -0.39 is 0 Å². The minimum absolute atomic E-state index is 0.0509. The Bertz CT molecular complexity index is 497. The van der Waals surface area contributed by atoms with E-state index in [-0.39, 0.29) is 12.1 Å². The third-order valence-corrected chi connectivity index (χ3v) is 2.91. The van der Waals surface area contributed by atoms with Gasteiger partial charge < -0.3 is 14.9 Å². The zero-order valence-electron chi connectivity index (χ0n) is 9.21. The minimum Gasteiger partial charge on any atom is -0.392 e. The van der Waals surface area contributed by atoms with Gasteiger partial charge in [-0.15, -0.1) is 0 Å². The molecule has 1 fully saturated rings. The van der Waals surface area contributed by atoms with E-state index in [1.54, 1.807) is 6.20 Å². The van der Waals surface area contributed by atoms with Crippen molar-refractivity contribution in [2.75, 3.05) is 6.54 Å². The number of aliphatic hydroxyl groups excluding tert-OH is 1. The number of pyridine rings is 1. The number of aromatic nitrogens is 2. The van der Waals surface area contributed by atoms with Gasteiger partial charge in [0.25, 0.3) is 0 Å². The highest BCUT2D eigenvalue weighted by molar-refractivity contribution is 5.53. The summed E-state index contributed by atoms with van der Waals surface area (Å²) in [5.41, 5.74) is 1.52. The van der Waals surface area contributed by atoms with Crippen molar-refractivity contribution in [3.05, 3.63) is 36.2 Å². The molecular weight excluding hydrogens is 218 g/mol. The maximum atomic E-state index is 9.45. The summed E-state index contributed by atoms with van der Waals surface area (Å²) in [4.78, 5) is 4.21. The molecule has 2 atom stereocenters. The first-order chi connectivity index (χ1) is 8.33. The minimum atomic E-state index is -0.302. The first-order valence-electron chi connectivity index (χ1n) is 5.62. The largest absolute Gasteiger partial charge is 0.392 e. The standard InChI is InChI=1S/C12H13N3O2/c16-8-5-11(14-7-8)12-6-10(15-17-12)9-3-1-2-4-13-9/h1-4,6,8,11,14,16H,5,7H2. The molecule has 2 N–H and O–H groups in total. The Balaban J connectivity index is 1.84. The van der Waals surface area contributed by atoms with Crippen LogP contribution in [0.15, 0.2) is 35.0 Å². The molecule has 1 aliphatic heterocycles. The second-order valence-electron chi connectivity index (χ2n) is 4.18. The van der Waals surface area contributed by atoms with Crippen molar-refractivity contribution >= 4 is 0 Å². The van der Waals surface area contributed by atoms with Crippen molar-refractivity contribution in [3.8, 4) is 11.4 Å². The highest BCUT2D eigenvalue weighted by atomic mass is 16.5. The normalized spacial score (nSPS) is 24.1. The Labute approximate surface area is 98.5 Å². The summed E-state index contributed by atoms with van der Waals surface area (Å²) >= 11 is 0. The fourth-order valence-electron chi connectivity index (χ4n) is 2.02. The van der Waals surface area contributed by atoms with Gasteiger partial charge in [-0.2, -0.15) is 0 Å². The van der Waals surface area contributed by atoms with E-state index in [1.165, 1.54) is 0 Å². The van der Waals surface area contributed by atoms with Crippen LogP contribution in [0, 0.1) is 0 Å². The summed E-state index contributed by atoms with van der Waals surface area (Å²) in [6.45, 7) is 0.601. The number of nitrogens with one attached hydrogen (secondary N) is 1. The van der Waals surface area contributed by atoms with Crippen LogP contribution >= 0.6 is 0 Å². The van der Waals surface area contributed by atoms with Crippen molar-refractivity contribution in [2.45, 2.75) is 18.6 Å². The van der Waals surface area contributed by atoms with E-state index in [0.717, 1.165) is 17.1 Å². The molecule has 5 heteroatoms. The Kier molecular flexibility index (Phi) is 2.62. The first kappa shape index (κ1) is 10.4. The van der Waals surface area contributed by atoms with Crippen LogP contribution in [0.3, 0.4) is 0 Å². The van der Waals surface area contributed by atoms with Crippen molar-refractivity contribution < 1.29 is 9.63 Å².